The van der Waals surface area contributed by atoms with Gasteiger partial charge >= 0.3 is 5.97 Å². The first-order chi connectivity index (χ1) is 5.97. The number of hydrogen-bond acceptors (Lipinski definition) is 2. The van der Waals surface area contributed by atoms with Gasteiger partial charge in [-0.1, -0.05) is 20.3 Å². The van der Waals surface area contributed by atoms with E-state index in [0.29, 0.717) is 12.3 Å². The molecule has 0 radical (unpaired) electrons. The number of nitrogens with zero attached hydrogens (tertiary/aromatic N) is 1. The zero-order valence-corrected chi connectivity index (χ0v) is 8.41. The number of carboxylic acid groups (broad SMARTS) is 1. The fourth-order valence-electron chi connectivity index (χ4n) is 0.889. The standard InChI is InChI=1S/C9H17NO3/c1-4-7(2)5-8(11)10(3)6-9(12)13/h7H,4-6H2,1-3H3,(H,12,13). The van der Waals surface area contributed by atoms with Crippen molar-refractivity contribution in [2.24, 2.45) is 5.92 Å². The fraction of sp³-hybridized carbons (Fsp3) is 0.778. The van der Waals surface area contributed by atoms with Gasteiger partial charge in [-0.15, -0.1) is 0 Å². The monoisotopic (exact) mass is 187 g/mol. The van der Waals surface area contributed by atoms with Crippen LogP contribution in [0.4, 0.5) is 0 Å². The Balaban J connectivity index is 3.89. The summed E-state index contributed by atoms with van der Waals surface area (Å²) < 4.78 is 0. The van der Waals surface area contributed by atoms with Crippen LogP contribution in [0.5, 0.6) is 0 Å². The first-order valence-corrected chi connectivity index (χ1v) is 4.43. The van der Waals surface area contributed by atoms with Crippen LogP contribution in [0.2, 0.25) is 0 Å². The molecule has 4 heteroatoms. The van der Waals surface area contributed by atoms with E-state index in [1.165, 1.54) is 11.9 Å². The maximum Gasteiger partial charge on any atom is 0.323 e. The van der Waals surface area contributed by atoms with Crippen LogP contribution < -0.4 is 0 Å². The number of amides is 1. The van der Waals surface area contributed by atoms with E-state index in [-0.39, 0.29) is 12.5 Å². The van der Waals surface area contributed by atoms with Crippen molar-refractivity contribution >= 4 is 11.9 Å². The molecule has 1 unspecified atom stereocenters. The predicted molar refractivity (Wildman–Crippen MR) is 49.3 cm³/mol. The molecular formula is C9H17NO3. The molecule has 0 aromatic heterocycles. The van der Waals surface area contributed by atoms with Crippen molar-refractivity contribution in [3.8, 4) is 0 Å². The smallest absolute Gasteiger partial charge is 0.323 e. The maximum atomic E-state index is 11.3. The molecule has 0 aliphatic carbocycles. The Kier molecular flexibility index (Phi) is 5.11. The van der Waals surface area contributed by atoms with E-state index >= 15 is 0 Å². The van der Waals surface area contributed by atoms with Crippen LogP contribution in [0.3, 0.4) is 0 Å². The predicted octanol–water partition coefficient (Wildman–Crippen LogP) is 0.966. The molecule has 0 aromatic carbocycles. The van der Waals surface area contributed by atoms with Crippen molar-refractivity contribution in [1.82, 2.24) is 4.90 Å². The molecule has 13 heavy (non-hydrogen) atoms. The fourth-order valence-corrected chi connectivity index (χ4v) is 0.889. The van der Waals surface area contributed by atoms with Crippen LogP contribution in [0.15, 0.2) is 0 Å². The van der Waals surface area contributed by atoms with Crippen LogP contribution in [0, 0.1) is 5.92 Å². The Labute approximate surface area is 78.5 Å². The third-order valence-electron chi connectivity index (χ3n) is 2.02. The first-order valence-electron chi connectivity index (χ1n) is 4.43. The van der Waals surface area contributed by atoms with Gasteiger partial charge < -0.3 is 10.0 Å². The molecule has 0 aliphatic rings. The van der Waals surface area contributed by atoms with Crippen molar-refractivity contribution in [3.63, 3.8) is 0 Å². The summed E-state index contributed by atoms with van der Waals surface area (Å²) in [5, 5.41) is 8.43. The normalized spacial score (nSPS) is 12.2. The van der Waals surface area contributed by atoms with Gasteiger partial charge in [-0.25, -0.2) is 0 Å². The molecule has 0 spiro atoms. The minimum Gasteiger partial charge on any atom is -0.480 e. The molecule has 1 amide bonds. The number of likely N-dealkylation sites (N-methyl/N-ethyl adjacent to an activating group) is 1. The SMILES string of the molecule is CCC(C)CC(=O)N(C)CC(=O)O. The quantitative estimate of drug-likeness (QED) is 0.697. The summed E-state index contributed by atoms with van der Waals surface area (Å²) in [4.78, 5) is 22.8. The van der Waals surface area contributed by atoms with E-state index < -0.39 is 5.97 Å². The zero-order valence-electron chi connectivity index (χ0n) is 8.41. The number of rotatable bonds is 5. The second kappa shape index (κ2) is 5.56. The lowest BCUT2D eigenvalue weighted by atomic mass is 10.0. The third-order valence-corrected chi connectivity index (χ3v) is 2.02. The van der Waals surface area contributed by atoms with Crippen LogP contribution in [0.25, 0.3) is 0 Å². The summed E-state index contributed by atoms with van der Waals surface area (Å²) in [5.41, 5.74) is 0. The highest BCUT2D eigenvalue weighted by Gasteiger charge is 2.14. The summed E-state index contributed by atoms with van der Waals surface area (Å²) in [5.74, 6) is -0.750. The van der Waals surface area contributed by atoms with Gasteiger partial charge in [-0.05, 0) is 5.92 Å². The number of aliphatic carboxylic acids is 1. The van der Waals surface area contributed by atoms with Gasteiger partial charge in [0.15, 0.2) is 0 Å². The summed E-state index contributed by atoms with van der Waals surface area (Å²) >= 11 is 0. The summed E-state index contributed by atoms with van der Waals surface area (Å²) in [6.07, 6.45) is 1.37. The van der Waals surface area contributed by atoms with Gasteiger partial charge in [-0.2, -0.15) is 0 Å². The van der Waals surface area contributed by atoms with Gasteiger partial charge in [0, 0.05) is 13.5 Å². The van der Waals surface area contributed by atoms with Gasteiger partial charge in [0.05, 0.1) is 0 Å². The Morgan fingerprint density at radius 1 is 1.46 bits per heavy atom. The van der Waals surface area contributed by atoms with Gasteiger partial charge in [0.25, 0.3) is 0 Å². The Morgan fingerprint density at radius 3 is 2.38 bits per heavy atom. The van der Waals surface area contributed by atoms with E-state index in [1.54, 1.807) is 0 Å². The summed E-state index contributed by atoms with van der Waals surface area (Å²) in [6.45, 7) is 3.77. The van der Waals surface area contributed by atoms with Crippen molar-refractivity contribution < 1.29 is 14.7 Å². The van der Waals surface area contributed by atoms with Crippen molar-refractivity contribution in [1.29, 1.82) is 0 Å². The average Bonchev–Trinajstić information content (AvgIpc) is 2.02. The Hall–Kier alpha value is -1.06. The molecule has 0 aliphatic heterocycles. The van der Waals surface area contributed by atoms with E-state index in [0.717, 1.165) is 6.42 Å². The van der Waals surface area contributed by atoms with E-state index in [2.05, 4.69) is 0 Å². The molecular weight excluding hydrogens is 170 g/mol. The molecule has 0 rings (SSSR count). The van der Waals surface area contributed by atoms with E-state index in [1.807, 2.05) is 13.8 Å². The topological polar surface area (TPSA) is 57.6 Å². The van der Waals surface area contributed by atoms with Crippen molar-refractivity contribution in [3.05, 3.63) is 0 Å². The second-order valence-electron chi connectivity index (χ2n) is 3.36. The molecule has 1 atom stereocenters. The van der Waals surface area contributed by atoms with E-state index in [4.69, 9.17) is 5.11 Å². The van der Waals surface area contributed by atoms with Gasteiger partial charge in [0.2, 0.25) is 5.91 Å². The molecule has 0 aromatic rings. The number of carboxylic acids is 1. The molecule has 0 bridgehead atoms. The minimum atomic E-state index is -0.972. The van der Waals surface area contributed by atoms with Crippen LogP contribution >= 0.6 is 0 Å². The number of hydrogen-bond donors (Lipinski definition) is 1. The molecule has 0 fully saturated rings. The van der Waals surface area contributed by atoms with Crippen molar-refractivity contribution in [2.75, 3.05) is 13.6 Å². The van der Waals surface area contributed by atoms with Crippen LogP contribution in [-0.2, 0) is 9.59 Å². The first kappa shape index (κ1) is 11.9. The summed E-state index contributed by atoms with van der Waals surface area (Å²) in [6, 6.07) is 0. The molecule has 0 saturated heterocycles. The second-order valence-corrected chi connectivity index (χ2v) is 3.36. The number of carbonyl (C=O) groups is 2. The highest BCUT2D eigenvalue weighted by atomic mass is 16.4. The van der Waals surface area contributed by atoms with E-state index in [9.17, 15) is 9.59 Å². The summed E-state index contributed by atoms with van der Waals surface area (Å²) in [7, 11) is 1.51. The average molecular weight is 187 g/mol. The third kappa shape index (κ3) is 5.22. The van der Waals surface area contributed by atoms with Crippen LogP contribution in [0.1, 0.15) is 26.7 Å². The van der Waals surface area contributed by atoms with Gasteiger partial charge in [-0.3, -0.25) is 9.59 Å². The van der Waals surface area contributed by atoms with Crippen LogP contribution in [-0.4, -0.2) is 35.5 Å². The molecule has 0 saturated carbocycles. The van der Waals surface area contributed by atoms with Gasteiger partial charge in [0.1, 0.15) is 6.54 Å². The zero-order chi connectivity index (χ0) is 10.4. The lowest BCUT2D eigenvalue weighted by molar-refractivity contribution is -0.143. The Morgan fingerprint density at radius 2 is 2.00 bits per heavy atom. The Bertz CT molecular complexity index is 191. The molecule has 1 N–H and O–H groups in total. The van der Waals surface area contributed by atoms with Crippen molar-refractivity contribution in [2.45, 2.75) is 26.7 Å². The number of carbonyl (C=O) groups excluding carboxylic acids is 1. The lowest BCUT2D eigenvalue weighted by Gasteiger charge is -2.16. The highest BCUT2D eigenvalue weighted by Crippen LogP contribution is 2.07. The molecule has 4 nitrogen and oxygen atoms in total. The minimum absolute atomic E-state index is 0.100. The molecule has 0 heterocycles. The largest absolute Gasteiger partial charge is 0.480 e. The molecule has 76 valence electrons. The highest BCUT2D eigenvalue weighted by molar-refractivity contribution is 5.81. The lowest BCUT2D eigenvalue weighted by Crippen LogP contribution is -2.32. The maximum absolute atomic E-state index is 11.3.